The predicted molar refractivity (Wildman–Crippen MR) is 79.9 cm³/mol. The van der Waals surface area contributed by atoms with Gasteiger partial charge in [0.15, 0.2) is 0 Å². The monoisotopic (exact) mass is 266 g/mol. The molecule has 0 spiro atoms. The lowest BCUT2D eigenvalue weighted by molar-refractivity contribution is 0.178. The van der Waals surface area contributed by atoms with E-state index >= 15 is 0 Å². The van der Waals surface area contributed by atoms with E-state index in [1.807, 2.05) is 0 Å². The van der Waals surface area contributed by atoms with E-state index in [-0.39, 0.29) is 6.04 Å². The number of nitrogens with two attached hydrogens (primary N) is 1. The Morgan fingerprint density at radius 2 is 2.17 bits per heavy atom. The predicted octanol–water partition coefficient (Wildman–Crippen LogP) is 3.65. The molecular formula is C15H26N2S. The second kappa shape index (κ2) is 5.72. The molecule has 2 rings (SSSR count). The third-order valence-corrected chi connectivity index (χ3v) is 5.45. The minimum atomic E-state index is 0.198. The minimum absolute atomic E-state index is 0.198. The number of thiophene rings is 1. The Bertz CT molecular complexity index is 355. The Labute approximate surface area is 115 Å². The molecule has 0 aliphatic carbocycles. The molecule has 2 nitrogen and oxygen atoms in total. The van der Waals surface area contributed by atoms with Crippen molar-refractivity contribution in [3.8, 4) is 0 Å². The summed E-state index contributed by atoms with van der Waals surface area (Å²) in [6, 6.07) is 2.83. The molecule has 1 aliphatic heterocycles. The first-order valence-corrected chi connectivity index (χ1v) is 8.08. The maximum Gasteiger partial charge on any atom is 0.0504 e. The lowest BCUT2D eigenvalue weighted by atomic mass is 9.82. The van der Waals surface area contributed by atoms with Crippen LogP contribution >= 0.6 is 11.3 Å². The van der Waals surface area contributed by atoms with Crippen molar-refractivity contribution in [2.24, 2.45) is 11.1 Å². The summed E-state index contributed by atoms with van der Waals surface area (Å²) in [4.78, 5) is 2.61. The number of hydrogen-bond donors (Lipinski definition) is 1. The molecule has 3 heteroatoms. The molecule has 1 fully saturated rings. The van der Waals surface area contributed by atoms with E-state index in [4.69, 9.17) is 5.73 Å². The van der Waals surface area contributed by atoms with Gasteiger partial charge in [0.25, 0.3) is 0 Å². The third kappa shape index (κ3) is 2.63. The van der Waals surface area contributed by atoms with Crippen molar-refractivity contribution in [3.05, 3.63) is 22.4 Å². The largest absolute Gasteiger partial charge is 0.326 e. The second-order valence-electron chi connectivity index (χ2n) is 5.79. The molecule has 1 aromatic rings. The molecule has 1 aromatic heterocycles. The van der Waals surface area contributed by atoms with Crippen LogP contribution in [0.2, 0.25) is 0 Å². The standard InChI is InChI=1S/C15H26N2S/c1-4-15(5-2)7-8-17(11-15)14(12(3)16)13-6-9-18-10-13/h6,9-10,12,14H,4-5,7-8,11,16H2,1-3H3. The number of nitrogens with zero attached hydrogens (tertiary/aromatic N) is 1. The van der Waals surface area contributed by atoms with Crippen LogP contribution in [-0.2, 0) is 0 Å². The van der Waals surface area contributed by atoms with Crippen molar-refractivity contribution >= 4 is 11.3 Å². The smallest absolute Gasteiger partial charge is 0.0504 e. The van der Waals surface area contributed by atoms with Crippen molar-refractivity contribution in [2.45, 2.75) is 52.1 Å². The van der Waals surface area contributed by atoms with E-state index in [0.717, 1.165) is 0 Å². The molecule has 2 heterocycles. The molecule has 18 heavy (non-hydrogen) atoms. The van der Waals surface area contributed by atoms with Gasteiger partial charge in [-0.2, -0.15) is 11.3 Å². The Hall–Kier alpha value is -0.380. The summed E-state index contributed by atoms with van der Waals surface area (Å²) >= 11 is 1.77. The van der Waals surface area contributed by atoms with Crippen molar-refractivity contribution in [2.75, 3.05) is 13.1 Å². The van der Waals surface area contributed by atoms with Gasteiger partial charge in [-0.05, 0) is 60.5 Å². The topological polar surface area (TPSA) is 29.3 Å². The van der Waals surface area contributed by atoms with Gasteiger partial charge < -0.3 is 5.73 Å². The number of hydrogen-bond acceptors (Lipinski definition) is 3. The van der Waals surface area contributed by atoms with E-state index in [9.17, 15) is 0 Å². The van der Waals surface area contributed by atoms with Gasteiger partial charge in [0.1, 0.15) is 0 Å². The molecule has 0 amide bonds. The highest BCUT2D eigenvalue weighted by Crippen LogP contribution is 2.41. The van der Waals surface area contributed by atoms with Crippen molar-refractivity contribution in [1.82, 2.24) is 4.90 Å². The van der Waals surface area contributed by atoms with Crippen LogP contribution in [0.5, 0.6) is 0 Å². The van der Waals surface area contributed by atoms with Gasteiger partial charge >= 0.3 is 0 Å². The molecule has 1 saturated heterocycles. The van der Waals surface area contributed by atoms with Gasteiger partial charge in [0.2, 0.25) is 0 Å². The normalized spacial score (nSPS) is 23.1. The molecule has 102 valence electrons. The van der Waals surface area contributed by atoms with Crippen LogP contribution in [0.4, 0.5) is 0 Å². The Balaban J connectivity index is 2.15. The Morgan fingerprint density at radius 1 is 1.44 bits per heavy atom. The van der Waals surface area contributed by atoms with Crippen molar-refractivity contribution in [3.63, 3.8) is 0 Å². The molecule has 2 atom stereocenters. The number of rotatable bonds is 5. The van der Waals surface area contributed by atoms with Gasteiger partial charge in [0, 0.05) is 12.6 Å². The summed E-state index contributed by atoms with van der Waals surface area (Å²) in [5.74, 6) is 0. The minimum Gasteiger partial charge on any atom is -0.326 e. The van der Waals surface area contributed by atoms with Crippen LogP contribution < -0.4 is 5.73 Å². The molecule has 0 aromatic carbocycles. The molecule has 0 saturated carbocycles. The van der Waals surface area contributed by atoms with Crippen LogP contribution in [0, 0.1) is 5.41 Å². The Kier molecular flexibility index (Phi) is 4.46. The summed E-state index contributed by atoms with van der Waals surface area (Å²) in [5.41, 5.74) is 8.17. The Morgan fingerprint density at radius 3 is 2.61 bits per heavy atom. The zero-order valence-corrected chi connectivity index (χ0v) is 12.7. The average Bonchev–Trinajstić information content (AvgIpc) is 2.99. The van der Waals surface area contributed by atoms with E-state index in [1.165, 1.54) is 37.9 Å². The van der Waals surface area contributed by atoms with Crippen LogP contribution in [-0.4, -0.2) is 24.0 Å². The van der Waals surface area contributed by atoms with E-state index in [2.05, 4.69) is 42.5 Å². The average molecular weight is 266 g/mol. The van der Waals surface area contributed by atoms with E-state index < -0.39 is 0 Å². The summed E-state index contributed by atoms with van der Waals surface area (Å²) in [6.45, 7) is 9.21. The van der Waals surface area contributed by atoms with Crippen LogP contribution in [0.15, 0.2) is 16.8 Å². The molecule has 0 bridgehead atoms. The summed E-state index contributed by atoms with van der Waals surface area (Å²) in [5, 5.41) is 4.42. The molecule has 0 radical (unpaired) electrons. The zero-order valence-electron chi connectivity index (χ0n) is 11.9. The fourth-order valence-corrected chi connectivity index (χ4v) is 4.01. The molecule has 2 N–H and O–H groups in total. The molecule has 2 unspecified atom stereocenters. The zero-order chi connectivity index (χ0) is 13.2. The van der Waals surface area contributed by atoms with Crippen molar-refractivity contribution < 1.29 is 0 Å². The van der Waals surface area contributed by atoms with E-state index in [0.29, 0.717) is 11.5 Å². The summed E-state index contributed by atoms with van der Waals surface area (Å²) < 4.78 is 0. The highest BCUT2D eigenvalue weighted by atomic mass is 32.1. The van der Waals surface area contributed by atoms with Gasteiger partial charge in [-0.25, -0.2) is 0 Å². The first-order chi connectivity index (χ1) is 8.62. The van der Waals surface area contributed by atoms with Gasteiger partial charge in [0.05, 0.1) is 6.04 Å². The van der Waals surface area contributed by atoms with Crippen molar-refractivity contribution in [1.29, 1.82) is 0 Å². The summed E-state index contributed by atoms with van der Waals surface area (Å²) in [7, 11) is 0. The first kappa shape index (κ1) is 14.0. The third-order valence-electron chi connectivity index (χ3n) is 4.74. The fraction of sp³-hybridized carbons (Fsp3) is 0.733. The van der Waals surface area contributed by atoms with Gasteiger partial charge in [-0.3, -0.25) is 4.90 Å². The highest BCUT2D eigenvalue weighted by Gasteiger charge is 2.39. The fourth-order valence-electron chi connectivity index (χ4n) is 3.32. The quantitative estimate of drug-likeness (QED) is 0.881. The van der Waals surface area contributed by atoms with Gasteiger partial charge in [-0.15, -0.1) is 0 Å². The second-order valence-corrected chi connectivity index (χ2v) is 6.57. The highest BCUT2D eigenvalue weighted by molar-refractivity contribution is 7.07. The molecular weight excluding hydrogens is 240 g/mol. The maximum absolute atomic E-state index is 6.24. The lowest BCUT2D eigenvalue weighted by Crippen LogP contribution is -2.39. The van der Waals surface area contributed by atoms with Gasteiger partial charge in [-0.1, -0.05) is 13.8 Å². The van der Waals surface area contributed by atoms with E-state index in [1.54, 1.807) is 11.3 Å². The first-order valence-electron chi connectivity index (χ1n) is 7.13. The SMILES string of the molecule is CCC1(CC)CCN(C(c2ccsc2)C(C)N)C1. The van der Waals surface area contributed by atoms with Crippen LogP contribution in [0.3, 0.4) is 0 Å². The lowest BCUT2D eigenvalue weighted by Gasteiger charge is -2.33. The number of likely N-dealkylation sites (tertiary alicyclic amines) is 1. The van der Waals surface area contributed by atoms with Crippen LogP contribution in [0.1, 0.15) is 51.6 Å². The maximum atomic E-state index is 6.24. The molecule has 1 aliphatic rings. The van der Waals surface area contributed by atoms with Crippen LogP contribution in [0.25, 0.3) is 0 Å². The summed E-state index contributed by atoms with van der Waals surface area (Å²) in [6.07, 6.45) is 3.90.